The maximum absolute atomic E-state index is 11.3. The number of methoxy groups -OCH3 is 1. The molecule has 0 aromatic heterocycles. The van der Waals surface area contributed by atoms with Crippen LogP contribution >= 0.6 is 0 Å². The fraction of sp³-hybridized carbons (Fsp3) is 0.417. The highest BCUT2D eigenvalue weighted by molar-refractivity contribution is 5.74. The molecule has 15 heavy (non-hydrogen) atoms. The van der Waals surface area contributed by atoms with Gasteiger partial charge in [-0.3, -0.25) is 4.79 Å². The second-order valence-corrected chi connectivity index (χ2v) is 3.71. The van der Waals surface area contributed by atoms with Crippen molar-refractivity contribution in [2.24, 2.45) is 5.92 Å². The summed E-state index contributed by atoms with van der Waals surface area (Å²) < 4.78 is 10.1. The molecular weight excluding hydrogens is 192 g/mol. The van der Waals surface area contributed by atoms with Crippen molar-refractivity contribution in [3.05, 3.63) is 29.8 Å². The summed E-state index contributed by atoms with van der Waals surface area (Å²) in [5, 5.41) is 0. The molecule has 1 aliphatic rings. The van der Waals surface area contributed by atoms with Gasteiger partial charge in [0.05, 0.1) is 19.6 Å². The monoisotopic (exact) mass is 206 g/mol. The molecule has 1 atom stereocenters. The molecule has 1 aromatic rings. The first-order valence-corrected chi connectivity index (χ1v) is 5.09. The lowest BCUT2D eigenvalue weighted by molar-refractivity contribution is -0.141. The molecule has 1 saturated heterocycles. The van der Waals surface area contributed by atoms with Gasteiger partial charge in [-0.1, -0.05) is 12.1 Å². The average Bonchev–Trinajstić information content (AvgIpc) is 2.65. The third-order valence-electron chi connectivity index (χ3n) is 2.66. The summed E-state index contributed by atoms with van der Waals surface area (Å²) in [6.45, 7) is 0.563. The van der Waals surface area contributed by atoms with Gasteiger partial charge in [0.15, 0.2) is 0 Å². The number of cyclic esters (lactones) is 1. The molecule has 3 heteroatoms. The molecule has 1 heterocycles. The van der Waals surface area contributed by atoms with Crippen molar-refractivity contribution in [2.75, 3.05) is 13.7 Å². The molecule has 3 nitrogen and oxygen atoms in total. The van der Waals surface area contributed by atoms with Crippen LogP contribution in [0.1, 0.15) is 12.0 Å². The van der Waals surface area contributed by atoms with E-state index in [1.54, 1.807) is 7.11 Å². The summed E-state index contributed by atoms with van der Waals surface area (Å²) >= 11 is 0. The number of carbonyl (C=O) groups excluding carboxylic acids is 1. The van der Waals surface area contributed by atoms with E-state index in [4.69, 9.17) is 9.47 Å². The van der Waals surface area contributed by atoms with Crippen LogP contribution < -0.4 is 4.74 Å². The second kappa shape index (κ2) is 4.34. The van der Waals surface area contributed by atoms with E-state index >= 15 is 0 Å². The van der Waals surface area contributed by atoms with Crippen molar-refractivity contribution in [3.8, 4) is 5.75 Å². The fourth-order valence-corrected chi connectivity index (χ4v) is 1.81. The number of benzene rings is 1. The number of carbonyl (C=O) groups is 1. The van der Waals surface area contributed by atoms with Crippen LogP contribution in [0.2, 0.25) is 0 Å². The van der Waals surface area contributed by atoms with E-state index in [1.807, 2.05) is 24.3 Å². The number of ether oxygens (including phenoxy) is 2. The van der Waals surface area contributed by atoms with Crippen LogP contribution in [0, 0.1) is 5.92 Å². The summed E-state index contributed by atoms with van der Waals surface area (Å²) in [7, 11) is 1.64. The number of rotatable bonds is 3. The molecule has 0 radical (unpaired) electrons. The van der Waals surface area contributed by atoms with E-state index in [0.29, 0.717) is 6.61 Å². The van der Waals surface area contributed by atoms with Crippen LogP contribution in [0.3, 0.4) is 0 Å². The van der Waals surface area contributed by atoms with Gasteiger partial charge in [0.25, 0.3) is 0 Å². The summed E-state index contributed by atoms with van der Waals surface area (Å²) in [4.78, 5) is 11.3. The Morgan fingerprint density at radius 3 is 3.07 bits per heavy atom. The van der Waals surface area contributed by atoms with E-state index < -0.39 is 0 Å². The van der Waals surface area contributed by atoms with Gasteiger partial charge in [0.1, 0.15) is 5.75 Å². The quantitative estimate of drug-likeness (QED) is 0.707. The molecule has 0 N–H and O–H groups in total. The standard InChI is InChI=1S/C12H14O3/c1-14-11-4-2-3-9(8-11)7-10-5-6-15-12(10)13/h2-4,8,10H,5-7H2,1H3. The van der Waals surface area contributed by atoms with Gasteiger partial charge in [0.2, 0.25) is 0 Å². The molecular formula is C12H14O3. The van der Waals surface area contributed by atoms with Crippen LogP contribution in [0.25, 0.3) is 0 Å². The first-order chi connectivity index (χ1) is 7.29. The summed E-state index contributed by atoms with van der Waals surface area (Å²) in [6, 6.07) is 7.81. The number of esters is 1. The van der Waals surface area contributed by atoms with Crippen molar-refractivity contribution in [3.63, 3.8) is 0 Å². The largest absolute Gasteiger partial charge is 0.497 e. The molecule has 0 saturated carbocycles. The van der Waals surface area contributed by atoms with Crippen LogP contribution in [0.4, 0.5) is 0 Å². The molecule has 1 aliphatic heterocycles. The molecule has 0 aliphatic carbocycles. The second-order valence-electron chi connectivity index (χ2n) is 3.71. The third-order valence-corrected chi connectivity index (χ3v) is 2.66. The summed E-state index contributed by atoms with van der Waals surface area (Å²) in [5.74, 6) is 0.786. The Balaban J connectivity index is 2.06. The van der Waals surface area contributed by atoms with Crippen molar-refractivity contribution in [1.29, 1.82) is 0 Å². The minimum Gasteiger partial charge on any atom is -0.497 e. The van der Waals surface area contributed by atoms with Crippen LogP contribution in [-0.2, 0) is 16.0 Å². The first kappa shape index (κ1) is 10.0. The highest BCUT2D eigenvalue weighted by atomic mass is 16.5. The van der Waals surface area contributed by atoms with Gasteiger partial charge in [-0.25, -0.2) is 0 Å². The van der Waals surface area contributed by atoms with Gasteiger partial charge in [-0.05, 0) is 30.5 Å². The predicted octanol–water partition coefficient (Wildman–Crippen LogP) is 1.80. The van der Waals surface area contributed by atoms with Crippen LogP contribution in [0.15, 0.2) is 24.3 Å². The van der Waals surface area contributed by atoms with Gasteiger partial charge in [-0.15, -0.1) is 0 Å². The Morgan fingerprint density at radius 2 is 2.40 bits per heavy atom. The average molecular weight is 206 g/mol. The maximum atomic E-state index is 11.3. The van der Waals surface area contributed by atoms with Crippen LogP contribution in [0.5, 0.6) is 5.75 Å². The summed E-state index contributed by atoms with van der Waals surface area (Å²) in [6.07, 6.45) is 1.58. The lowest BCUT2D eigenvalue weighted by Crippen LogP contribution is -2.10. The molecule has 1 fully saturated rings. The molecule has 0 bridgehead atoms. The van der Waals surface area contributed by atoms with Gasteiger partial charge < -0.3 is 9.47 Å². The molecule has 80 valence electrons. The lowest BCUT2D eigenvalue weighted by Gasteiger charge is -2.07. The van der Waals surface area contributed by atoms with Crippen molar-refractivity contribution in [2.45, 2.75) is 12.8 Å². The minimum absolute atomic E-state index is 0.0251. The Kier molecular flexibility index (Phi) is 2.90. The Hall–Kier alpha value is -1.51. The highest BCUT2D eigenvalue weighted by Crippen LogP contribution is 2.21. The molecule has 2 rings (SSSR count). The zero-order valence-electron chi connectivity index (χ0n) is 8.73. The fourth-order valence-electron chi connectivity index (χ4n) is 1.81. The van der Waals surface area contributed by atoms with Gasteiger partial charge >= 0.3 is 5.97 Å². The molecule has 1 aromatic carbocycles. The van der Waals surface area contributed by atoms with Crippen molar-refractivity contribution < 1.29 is 14.3 Å². The number of hydrogen-bond donors (Lipinski definition) is 0. The third kappa shape index (κ3) is 2.29. The zero-order chi connectivity index (χ0) is 10.7. The Morgan fingerprint density at radius 1 is 1.53 bits per heavy atom. The van der Waals surface area contributed by atoms with E-state index in [-0.39, 0.29) is 11.9 Å². The predicted molar refractivity (Wildman–Crippen MR) is 55.8 cm³/mol. The lowest BCUT2D eigenvalue weighted by atomic mass is 9.98. The Bertz CT molecular complexity index is 360. The van der Waals surface area contributed by atoms with Crippen LogP contribution in [-0.4, -0.2) is 19.7 Å². The van der Waals surface area contributed by atoms with Gasteiger partial charge in [0, 0.05) is 0 Å². The number of hydrogen-bond acceptors (Lipinski definition) is 3. The van der Waals surface area contributed by atoms with E-state index in [1.165, 1.54) is 0 Å². The molecule has 1 unspecified atom stereocenters. The minimum atomic E-state index is -0.0715. The van der Waals surface area contributed by atoms with E-state index in [0.717, 1.165) is 24.2 Å². The maximum Gasteiger partial charge on any atom is 0.309 e. The van der Waals surface area contributed by atoms with Crippen molar-refractivity contribution in [1.82, 2.24) is 0 Å². The molecule has 0 amide bonds. The van der Waals surface area contributed by atoms with Crippen molar-refractivity contribution >= 4 is 5.97 Å². The molecule has 0 spiro atoms. The highest BCUT2D eigenvalue weighted by Gasteiger charge is 2.26. The zero-order valence-corrected chi connectivity index (χ0v) is 8.73. The first-order valence-electron chi connectivity index (χ1n) is 5.09. The normalized spacial score (nSPS) is 20.1. The topological polar surface area (TPSA) is 35.5 Å². The smallest absolute Gasteiger partial charge is 0.309 e. The van der Waals surface area contributed by atoms with E-state index in [9.17, 15) is 4.79 Å². The summed E-state index contributed by atoms with van der Waals surface area (Å²) in [5.41, 5.74) is 1.12. The van der Waals surface area contributed by atoms with Gasteiger partial charge in [-0.2, -0.15) is 0 Å². The van der Waals surface area contributed by atoms with E-state index in [2.05, 4.69) is 0 Å². The SMILES string of the molecule is COc1cccc(CC2CCOC2=O)c1. The Labute approximate surface area is 89.0 Å².